The van der Waals surface area contributed by atoms with Crippen molar-refractivity contribution in [1.82, 2.24) is 10.5 Å². The van der Waals surface area contributed by atoms with Crippen molar-refractivity contribution in [1.29, 1.82) is 0 Å². The minimum atomic E-state index is 0.401. The van der Waals surface area contributed by atoms with E-state index in [4.69, 9.17) is 9.26 Å². The minimum absolute atomic E-state index is 0.401. The van der Waals surface area contributed by atoms with Gasteiger partial charge in [-0.15, -0.1) is 0 Å². The Kier molecular flexibility index (Phi) is 2.03. The van der Waals surface area contributed by atoms with E-state index in [0.717, 1.165) is 44.1 Å². The Balaban J connectivity index is 1.75. The van der Waals surface area contributed by atoms with Crippen molar-refractivity contribution >= 4 is 0 Å². The van der Waals surface area contributed by atoms with Gasteiger partial charge in [-0.25, -0.2) is 0 Å². The molecule has 3 heterocycles. The lowest BCUT2D eigenvalue weighted by Crippen LogP contribution is -2.34. The SMILES string of the molecule is c1c(C2CCOC2)noc1C1CCN1. The maximum atomic E-state index is 5.32. The number of hydrogen-bond acceptors (Lipinski definition) is 4. The Morgan fingerprint density at radius 1 is 1.43 bits per heavy atom. The lowest BCUT2D eigenvalue weighted by Gasteiger charge is -2.24. The van der Waals surface area contributed by atoms with Gasteiger partial charge in [0.2, 0.25) is 0 Å². The molecule has 0 amide bonds. The molecule has 2 unspecified atom stereocenters. The summed E-state index contributed by atoms with van der Waals surface area (Å²) in [5, 5.41) is 7.41. The number of aromatic nitrogens is 1. The predicted molar refractivity (Wildman–Crippen MR) is 50.0 cm³/mol. The molecule has 0 radical (unpaired) electrons. The average molecular weight is 194 g/mol. The lowest BCUT2D eigenvalue weighted by molar-refractivity contribution is 0.193. The zero-order chi connectivity index (χ0) is 9.38. The standard InChI is InChI=1S/C10H14N2O2/c1-3-11-8(1)10-5-9(12-14-10)7-2-4-13-6-7/h5,7-8,11H,1-4,6H2. The molecule has 2 atom stereocenters. The molecule has 1 aromatic rings. The van der Waals surface area contributed by atoms with Gasteiger partial charge in [0.25, 0.3) is 0 Å². The van der Waals surface area contributed by atoms with Crippen LogP contribution in [0.25, 0.3) is 0 Å². The fraction of sp³-hybridized carbons (Fsp3) is 0.700. The molecule has 2 fully saturated rings. The number of ether oxygens (including phenoxy) is 1. The summed E-state index contributed by atoms with van der Waals surface area (Å²) in [5.74, 6) is 1.44. The van der Waals surface area contributed by atoms with Crippen molar-refractivity contribution in [2.45, 2.75) is 24.8 Å². The summed E-state index contributed by atoms with van der Waals surface area (Å²) < 4.78 is 10.6. The molecule has 0 saturated carbocycles. The van der Waals surface area contributed by atoms with Crippen molar-refractivity contribution in [2.75, 3.05) is 19.8 Å². The van der Waals surface area contributed by atoms with Gasteiger partial charge in [0, 0.05) is 18.6 Å². The summed E-state index contributed by atoms with van der Waals surface area (Å²) in [6.07, 6.45) is 2.24. The van der Waals surface area contributed by atoms with Crippen LogP contribution in [0.5, 0.6) is 0 Å². The van der Waals surface area contributed by atoms with E-state index in [2.05, 4.69) is 16.5 Å². The molecule has 3 rings (SSSR count). The van der Waals surface area contributed by atoms with Crippen LogP contribution in [-0.2, 0) is 4.74 Å². The first-order chi connectivity index (χ1) is 6.93. The van der Waals surface area contributed by atoms with Gasteiger partial charge in [0.1, 0.15) is 0 Å². The third kappa shape index (κ3) is 1.35. The van der Waals surface area contributed by atoms with Gasteiger partial charge >= 0.3 is 0 Å². The van der Waals surface area contributed by atoms with Gasteiger partial charge in [-0.1, -0.05) is 5.16 Å². The van der Waals surface area contributed by atoms with Crippen LogP contribution in [0.1, 0.15) is 36.3 Å². The van der Waals surface area contributed by atoms with E-state index in [1.807, 2.05) is 0 Å². The van der Waals surface area contributed by atoms with E-state index in [9.17, 15) is 0 Å². The molecule has 1 aromatic heterocycles. The van der Waals surface area contributed by atoms with Crippen LogP contribution in [0.3, 0.4) is 0 Å². The first kappa shape index (κ1) is 8.44. The fourth-order valence-electron chi connectivity index (χ4n) is 1.96. The Morgan fingerprint density at radius 3 is 3.00 bits per heavy atom. The van der Waals surface area contributed by atoms with E-state index in [0.29, 0.717) is 12.0 Å². The summed E-state index contributed by atoms with van der Waals surface area (Å²) in [6, 6.07) is 2.48. The van der Waals surface area contributed by atoms with Crippen molar-refractivity contribution < 1.29 is 9.26 Å². The largest absolute Gasteiger partial charge is 0.381 e. The predicted octanol–water partition coefficient (Wildman–Crippen LogP) is 1.21. The molecule has 4 nitrogen and oxygen atoms in total. The maximum Gasteiger partial charge on any atom is 0.153 e. The Hall–Kier alpha value is -0.870. The molecule has 0 spiro atoms. The highest BCUT2D eigenvalue weighted by atomic mass is 16.5. The summed E-state index contributed by atoms with van der Waals surface area (Å²) in [7, 11) is 0. The monoisotopic (exact) mass is 194 g/mol. The van der Waals surface area contributed by atoms with Crippen LogP contribution in [0, 0.1) is 0 Å². The third-order valence-corrected chi connectivity index (χ3v) is 3.06. The van der Waals surface area contributed by atoms with E-state index in [1.165, 1.54) is 0 Å². The number of nitrogens with zero attached hydrogens (tertiary/aromatic N) is 1. The second-order valence-corrected chi connectivity index (χ2v) is 4.01. The molecule has 1 N–H and O–H groups in total. The van der Waals surface area contributed by atoms with Gasteiger partial charge in [-0.05, 0) is 19.4 Å². The van der Waals surface area contributed by atoms with Gasteiger partial charge in [-0.2, -0.15) is 0 Å². The molecule has 4 heteroatoms. The maximum absolute atomic E-state index is 5.32. The second-order valence-electron chi connectivity index (χ2n) is 4.01. The molecule has 2 aliphatic rings. The summed E-state index contributed by atoms with van der Waals surface area (Å²) >= 11 is 0. The summed E-state index contributed by atoms with van der Waals surface area (Å²) in [4.78, 5) is 0. The molecular formula is C10H14N2O2. The molecule has 2 aliphatic heterocycles. The van der Waals surface area contributed by atoms with Gasteiger partial charge in [0.05, 0.1) is 18.3 Å². The molecule has 0 aromatic carbocycles. The summed E-state index contributed by atoms with van der Waals surface area (Å²) in [5.41, 5.74) is 1.06. The Morgan fingerprint density at radius 2 is 2.36 bits per heavy atom. The topological polar surface area (TPSA) is 47.3 Å². The highest BCUT2D eigenvalue weighted by Gasteiger charge is 2.26. The summed E-state index contributed by atoms with van der Waals surface area (Å²) in [6.45, 7) is 2.74. The molecular weight excluding hydrogens is 180 g/mol. The number of nitrogens with one attached hydrogen (secondary N) is 1. The second kappa shape index (κ2) is 3.37. The first-order valence-corrected chi connectivity index (χ1v) is 5.21. The molecule has 14 heavy (non-hydrogen) atoms. The molecule has 0 bridgehead atoms. The highest BCUT2D eigenvalue weighted by Crippen LogP contribution is 2.29. The van der Waals surface area contributed by atoms with Gasteiger partial charge in [-0.3, -0.25) is 0 Å². The normalized spacial score (nSPS) is 31.7. The molecule has 0 aliphatic carbocycles. The van der Waals surface area contributed by atoms with Crippen LogP contribution in [0.2, 0.25) is 0 Å². The van der Waals surface area contributed by atoms with Crippen LogP contribution in [0.4, 0.5) is 0 Å². The van der Waals surface area contributed by atoms with E-state index < -0.39 is 0 Å². The van der Waals surface area contributed by atoms with Gasteiger partial charge < -0.3 is 14.6 Å². The Bertz CT molecular complexity index is 314. The van der Waals surface area contributed by atoms with Crippen LogP contribution >= 0.6 is 0 Å². The average Bonchev–Trinajstić information content (AvgIpc) is 2.65. The van der Waals surface area contributed by atoms with Crippen LogP contribution in [0.15, 0.2) is 10.6 Å². The third-order valence-electron chi connectivity index (χ3n) is 3.06. The van der Waals surface area contributed by atoms with Crippen LogP contribution in [-0.4, -0.2) is 24.9 Å². The fourth-order valence-corrected chi connectivity index (χ4v) is 1.96. The van der Waals surface area contributed by atoms with Crippen molar-refractivity contribution in [3.8, 4) is 0 Å². The van der Waals surface area contributed by atoms with Crippen molar-refractivity contribution in [3.63, 3.8) is 0 Å². The number of rotatable bonds is 2. The van der Waals surface area contributed by atoms with Crippen molar-refractivity contribution in [3.05, 3.63) is 17.5 Å². The zero-order valence-corrected chi connectivity index (χ0v) is 8.03. The molecule has 2 saturated heterocycles. The smallest absolute Gasteiger partial charge is 0.153 e. The number of hydrogen-bond donors (Lipinski definition) is 1. The first-order valence-electron chi connectivity index (χ1n) is 5.21. The van der Waals surface area contributed by atoms with Gasteiger partial charge in [0.15, 0.2) is 5.76 Å². The quantitative estimate of drug-likeness (QED) is 0.768. The molecule has 76 valence electrons. The highest BCUT2D eigenvalue weighted by molar-refractivity contribution is 5.15. The van der Waals surface area contributed by atoms with E-state index in [1.54, 1.807) is 0 Å². The van der Waals surface area contributed by atoms with E-state index >= 15 is 0 Å². The Labute approximate surface area is 82.6 Å². The zero-order valence-electron chi connectivity index (χ0n) is 8.03. The minimum Gasteiger partial charge on any atom is -0.381 e. The van der Waals surface area contributed by atoms with Crippen molar-refractivity contribution in [2.24, 2.45) is 0 Å². The van der Waals surface area contributed by atoms with E-state index in [-0.39, 0.29) is 0 Å². The lowest BCUT2D eigenvalue weighted by atomic mass is 10.0. The van der Waals surface area contributed by atoms with Crippen LogP contribution < -0.4 is 5.32 Å².